The van der Waals surface area contributed by atoms with Crippen LogP contribution in [0.4, 0.5) is 5.88 Å². The first-order chi connectivity index (χ1) is 18.4. The maximum atomic E-state index is 13.9. The van der Waals surface area contributed by atoms with Gasteiger partial charge in [0.05, 0.1) is 36.6 Å². The summed E-state index contributed by atoms with van der Waals surface area (Å²) in [6.07, 6.45) is 5.26. The predicted molar refractivity (Wildman–Crippen MR) is 145 cm³/mol. The van der Waals surface area contributed by atoms with Gasteiger partial charge in [0.2, 0.25) is 0 Å². The molecule has 0 radical (unpaired) electrons. The van der Waals surface area contributed by atoms with Crippen LogP contribution in [0.1, 0.15) is 50.5 Å². The molecule has 5 rings (SSSR count). The number of benzene rings is 1. The number of anilines is 1. The summed E-state index contributed by atoms with van der Waals surface area (Å²) in [5.74, 6) is 1.95. The van der Waals surface area contributed by atoms with Crippen LogP contribution in [0.2, 0.25) is 0 Å². The zero-order valence-corrected chi connectivity index (χ0v) is 22.8. The summed E-state index contributed by atoms with van der Waals surface area (Å²) in [6.45, 7) is 5.62. The molecular formula is C28H31N3O6S. The summed E-state index contributed by atoms with van der Waals surface area (Å²) in [7, 11) is 3.11. The molecule has 0 aliphatic carbocycles. The first-order valence-electron chi connectivity index (χ1n) is 12.7. The van der Waals surface area contributed by atoms with Gasteiger partial charge in [0.15, 0.2) is 10.7 Å². The molecule has 2 aliphatic rings. The van der Waals surface area contributed by atoms with E-state index in [0.29, 0.717) is 37.9 Å². The first-order valence-corrected chi connectivity index (χ1v) is 13.5. The van der Waals surface area contributed by atoms with Gasteiger partial charge in [-0.15, -0.1) is 0 Å². The lowest BCUT2D eigenvalue weighted by Crippen LogP contribution is -2.40. The number of hydrogen-bond acceptors (Lipinski definition) is 9. The molecule has 0 unspecified atom stereocenters. The molecule has 3 aromatic rings. The highest BCUT2D eigenvalue weighted by atomic mass is 32.1. The Hall–Kier alpha value is -3.79. The summed E-state index contributed by atoms with van der Waals surface area (Å²) in [4.78, 5) is 34.4. The van der Waals surface area contributed by atoms with Gasteiger partial charge in [-0.3, -0.25) is 9.36 Å². The molecule has 0 N–H and O–H groups in total. The third-order valence-electron chi connectivity index (χ3n) is 6.80. The normalized spacial score (nSPS) is 17.7. The molecule has 0 spiro atoms. The number of carbonyl (C=O) groups excluding carboxylic acids is 1. The van der Waals surface area contributed by atoms with Crippen LogP contribution in [-0.2, 0) is 9.53 Å². The molecule has 1 saturated heterocycles. The maximum Gasteiger partial charge on any atom is 0.338 e. The summed E-state index contributed by atoms with van der Waals surface area (Å²) in [5, 5.41) is 0. The van der Waals surface area contributed by atoms with Gasteiger partial charge in [-0.25, -0.2) is 9.79 Å². The summed E-state index contributed by atoms with van der Waals surface area (Å²) < 4.78 is 24.5. The van der Waals surface area contributed by atoms with Gasteiger partial charge in [0.25, 0.3) is 5.56 Å². The molecule has 2 aromatic heterocycles. The van der Waals surface area contributed by atoms with E-state index in [1.54, 1.807) is 52.3 Å². The quantitative estimate of drug-likeness (QED) is 0.427. The second-order valence-electron chi connectivity index (χ2n) is 9.13. The van der Waals surface area contributed by atoms with Crippen LogP contribution in [0.15, 0.2) is 55.8 Å². The number of carbonyl (C=O) groups is 1. The van der Waals surface area contributed by atoms with Gasteiger partial charge in [-0.05, 0) is 57.4 Å². The zero-order valence-electron chi connectivity index (χ0n) is 22.0. The Kier molecular flexibility index (Phi) is 7.42. The average molecular weight is 538 g/mol. The molecule has 2 aliphatic heterocycles. The minimum atomic E-state index is -0.807. The SMILES string of the molecule is CCOC(=O)C1=C(C)N=c2s/c(=C\c3ccc(N4CCCCC4)o3)c(=O)n2[C@H]1c1cc(OC)ccc1OC. The molecule has 1 atom stereocenters. The number of rotatable bonds is 7. The molecule has 0 saturated carbocycles. The van der Waals surface area contributed by atoms with Crippen molar-refractivity contribution in [2.24, 2.45) is 4.99 Å². The number of thiazole rings is 1. The standard InChI is InChI=1S/C28H31N3O6S/c1-5-36-27(33)24-17(2)29-28-31(25(24)20-15-18(34-3)9-11-21(20)35-4)26(32)22(38-28)16-19-10-12-23(37-19)30-13-7-6-8-14-30/h9-12,15-16,25H,5-8,13-14H2,1-4H3/b22-16-/t25-/m0/s1. The van der Waals surface area contributed by atoms with Crippen molar-refractivity contribution < 1.29 is 23.4 Å². The van der Waals surface area contributed by atoms with Crippen LogP contribution >= 0.6 is 11.3 Å². The Morgan fingerprint density at radius 2 is 1.95 bits per heavy atom. The summed E-state index contributed by atoms with van der Waals surface area (Å²) in [6, 6.07) is 8.31. The van der Waals surface area contributed by atoms with E-state index in [0.717, 1.165) is 31.8 Å². The smallest absolute Gasteiger partial charge is 0.338 e. The lowest BCUT2D eigenvalue weighted by atomic mass is 9.95. The Balaban J connectivity index is 1.66. The van der Waals surface area contributed by atoms with Crippen LogP contribution in [0, 0.1) is 0 Å². The lowest BCUT2D eigenvalue weighted by molar-refractivity contribution is -0.139. The number of ether oxygens (including phenoxy) is 3. The largest absolute Gasteiger partial charge is 0.497 e. The van der Waals surface area contributed by atoms with E-state index in [2.05, 4.69) is 9.89 Å². The number of methoxy groups -OCH3 is 2. The number of fused-ring (bicyclic) bond motifs is 1. The zero-order chi connectivity index (χ0) is 26.8. The van der Waals surface area contributed by atoms with Gasteiger partial charge in [-0.2, -0.15) is 0 Å². The number of nitrogens with zero attached hydrogens (tertiary/aromatic N) is 3. The Labute approximate surface area is 224 Å². The molecule has 1 fully saturated rings. The van der Waals surface area contributed by atoms with Crippen LogP contribution in [0.3, 0.4) is 0 Å². The topological polar surface area (TPSA) is 95.5 Å². The maximum absolute atomic E-state index is 13.9. The molecule has 0 amide bonds. The number of esters is 1. The van der Waals surface area contributed by atoms with Crippen molar-refractivity contribution in [2.75, 3.05) is 38.8 Å². The molecular weight excluding hydrogens is 506 g/mol. The molecule has 200 valence electrons. The van der Waals surface area contributed by atoms with E-state index < -0.39 is 12.0 Å². The van der Waals surface area contributed by atoms with Gasteiger partial charge in [0.1, 0.15) is 23.3 Å². The van der Waals surface area contributed by atoms with Crippen molar-refractivity contribution in [3.63, 3.8) is 0 Å². The van der Waals surface area contributed by atoms with Crippen molar-refractivity contribution in [3.8, 4) is 11.5 Å². The molecule has 9 nitrogen and oxygen atoms in total. The average Bonchev–Trinajstić information content (AvgIpc) is 3.52. The lowest BCUT2D eigenvalue weighted by Gasteiger charge is -2.26. The fourth-order valence-electron chi connectivity index (χ4n) is 4.97. The van der Waals surface area contributed by atoms with Crippen molar-refractivity contribution in [1.29, 1.82) is 0 Å². The number of piperidine rings is 1. The van der Waals surface area contributed by atoms with Crippen molar-refractivity contribution in [1.82, 2.24) is 4.57 Å². The van der Waals surface area contributed by atoms with Gasteiger partial charge < -0.3 is 23.5 Å². The van der Waals surface area contributed by atoms with E-state index in [-0.39, 0.29) is 17.7 Å². The number of furan rings is 1. The van der Waals surface area contributed by atoms with E-state index in [1.807, 2.05) is 12.1 Å². The second-order valence-corrected chi connectivity index (χ2v) is 10.1. The van der Waals surface area contributed by atoms with Gasteiger partial charge >= 0.3 is 5.97 Å². The van der Waals surface area contributed by atoms with Gasteiger partial charge in [0, 0.05) is 30.8 Å². The summed E-state index contributed by atoms with van der Waals surface area (Å²) >= 11 is 1.25. The minimum Gasteiger partial charge on any atom is -0.497 e. The van der Waals surface area contributed by atoms with Crippen LogP contribution in [0.25, 0.3) is 6.08 Å². The number of hydrogen-bond donors (Lipinski definition) is 0. The summed E-state index contributed by atoms with van der Waals surface area (Å²) in [5.41, 5.74) is 1.08. The Morgan fingerprint density at radius 3 is 2.66 bits per heavy atom. The van der Waals surface area contributed by atoms with Gasteiger partial charge in [-0.1, -0.05) is 11.3 Å². The van der Waals surface area contributed by atoms with Crippen molar-refractivity contribution >= 4 is 29.3 Å². The third kappa shape index (κ3) is 4.76. The monoisotopic (exact) mass is 537 g/mol. The third-order valence-corrected chi connectivity index (χ3v) is 7.79. The van der Waals surface area contributed by atoms with Crippen LogP contribution in [-0.4, -0.2) is 44.5 Å². The Morgan fingerprint density at radius 1 is 1.16 bits per heavy atom. The molecule has 4 heterocycles. The highest BCUT2D eigenvalue weighted by Crippen LogP contribution is 2.37. The van der Waals surface area contributed by atoms with E-state index in [9.17, 15) is 9.59 Å². The molecule has 0 bridgehead atoms. The molecule has 10 heteroatoms. The minimum absolute atomic E-state index is 0.194. The first kappa shape index (κ1) is 25.8. The number of aromatic nitrogens is 1. The van der Waals surface area contributed by atoms with Crippen molar-refractivity contribution in [3.05, 3.63) is 72.6 Å². The van der Waals surface area contributed by atoms with Crippen molar-refractivity contribution in [2.45, 2.75) is 39.2 Å². The molecule has 38 heavy (non-hydrogen) atoms. The fourth-order valence-corrected chi connectivity index (χ4v) is 6.00. The Bertz CT molecular complexity index is 1560. The number of allylic oxidation sites excluding steroid dienone is 1. The van der Waals surface area contributed by atoms with E-state index in [1.165, 1.54) is 22.3 Å². The second kappa shape index (κ2) is 10.9. The van der Waals surface area contributed by atoms with E-state index >= 15 is 0 Å². The highest BCUT2D eigenvalue weighted by molar-refractivity contribution is 7.07. The fraction of sp³-hybridized carbons (Fsp3) is 0.393. The molecule has 1 aromatic carbocycles. The highest BCUT2D eigenvalue weighted by Gasteiger charge is 2.35. The van der Waals surface area contributed by atoms with E-state index in [4.69, 9.17) is 18.6 Å². The van der Waals surface area contributed by atoms with Crippen LogP contribution in [0.5, 0.6) is 11.5 Å². The predicted octanol–water partition coefficient (Wildman–Crippen LogP) is 3.40. The van der Waals surface area contributed by atoms with Crippen LogP contribution < -0.4 is 29.3 Å².